The highest BCUT2D eigenvalue weighted by atomic mass is 79.9. The zero-order chi connectivity index (χ0) is 10.9. The van der Waals surface area contributed by atoms with Crippen LogP contribution in [-0.4, -0.2) is 7.11 Å². The van der Waals surface area contributed by atoms with Crippen LogP contribution in [-0.2, 0) is 0 Å². The van der Waals surface area contributed by atoms with Crippen molar-refractivity contribution in [1.29, 1.82) is 0 Å². The van der Waals surface area contributed by atoms with Crippen LogP contribution in [0.3, 0.4) is 0 Å². The minimum atomic E-state index is -0.966. The van der Waals surface area contributed by atoms with Gasteiger partial charge in [0.2, 0.25) is 0 Å². The Kier molecular flexibility index (Phi) is 3.44. The summed E-state index contributed by atoms with van der Waals surface area (Å²) in [7, 11) is 1.38. The maximum absolute atomic E-state index is 13.1. The predicted octanol–water partition coefficient (Wildman–Crippen LogP) is 2.76. The van der Waals surface area contributed by atoms with E-state index < -0.39 is 17.7 Å². The molecule has 5 heteroatoms. The molecule has 14 heavy (non-hydrogen) atoms. The summed E-state index contributed by atoms with van der Waals surface area (Å²) in [4.78, 5) is 0. The molecule has 0 amide bonds. The first-order valence-corrected chi connectivity index (χ1v) is 4.75. The van der Waals surface area contributed by atoms with E-state index in [2.05, 4.69) is 15.9 Å². The number of methoxy groups -OCH3 is 1. The van der Waals surface area contributed by atoms with Crippen LogP contribution in [0.5, 0.6) is 5.75 Å². The molecular formula is C9H10BrF2NO. The maximum Gasteiger partial charge on any atom is 0.176 e. The highest BCUT2D eigenvalue weighted by molar-refractivity contribution is 9.10. The Hall–Kier alpha value is -0.680. The number of halogens is 3. The summed E-state index contributed by atoms with van der Waals surface area (Å²) < 4.78 is 31.0. The molecule has 0 saturated carbocycles. The lowest BCUT2D eigenvalue weighted by Crippen LogP contribution is -2.09. The lowest BCUT2D eigenvalue weighted by Gasteiger charge is -2.14. The molecule has 1 atom stereocenters. The lowest BCUT2D eigenvalue weighted by atomic mass is 10.1. The number of nitrogens with two attached hydrogens (primary N) is 1. The van der Waals surface area contributed by atoms with Gasteiger partial charge in [-0.2, -0.15) is 0 Å². The van der Waals surface area contributed by atoms with Gasteiger partial charge in [0.05, 0.1) is 11.6 Å². The van der Waals surface area contributed by atoms with E-state index in [-0.39, 0.29) is 10.2 Å². The van der Waals surface area contributed by atoms with Crippen molar-refractivity contribution in [2.45, 2.75) is 13.0 Å². The number of hydrogen-bond donors (Lipinski definition) is 1. The fraction of sp³-hybridized carbons (Fsp3) is 0.333. The van der Waals surface area contributed by atoms with Crippen molar-refractivity contribution in [2.75, 3.05) is 7.11 Å². The summed E-state index contributed by atoms with van der Waals surface area (Å²) in [5.74, 6) is -1.67. The van der Waals surface area contributed by atoms with E-state index in [1.807, 2.05) is 0 Å². The Balaban J connectivity index is 3.43. The summed E-state index contributed by atoms with van der Waals surface area (Å²) in [5.41, 5.74) is 6.02. The van der Waals surface area contributed by atoms with Crippen molar-refractivity contribution in [3.8, 4) is 5.75 Å². The van der Waals surface area contributed by atoms with Gasteiger partial charge in [0.25, 0.3) is 0 Å². The molecule has 0 aromatic heterocycles. The average molecular weight is 266 g/mol. The largest absolute Gasteiger partial charge is 0.495 e. The van der Waals surface area contributed by atoms with Gasteiger partial charge in [-0.25, -0.2) is 8.78 Å². The monoisotopic (exact) mass is 265 g/mol. The summed E-state index contributed by atoms with van der Waals surface area (Å²) in [6.45, 7) is 1.67. The van der Waals surface area contributed by atoms with Crippen LogP contribution in [0.2, 0.25) is 0 Å². The summed E-state index contributed by atoms with van der Waals surface area (Å²) >= 11 is 2.91. The molecule has 1 aromatic carbocycles. The molecule has 0 aliphatic heterocycles. The van der Waals surface area contributed by atoms with Gasteiger partial charge in [0.1, 0.15) is 5.75 Å². The fourth-order valence-electron chi connectivity index (χ4n) is 1.14. The molecule has 1 aromatic rings. The van der Waals surface area contributed by atoms with Crippen molar-refractivity contribution in [3.63, 3.8) is 0 Å². The molecule has 0 fully saturated rings. The van der Waals surface area contributed by atoms with Gasteiger partial charge in [-0.1, -0.05) is 0 Å². The second kappa shape index (κ2) is 4.23. The molecule has 0 aliphatic carbocycles. The van der Waals surface area contributed by atoms with Gasteiger partial charge in [-0.15, -0.1) is 0 Å². The molecule has 2 nitrogen and oxygen atoms in total. The molecule has 0 radical (unpaired) electrons. The molecule has 0 saturated heterocycles. The van der Waals surface area contributed by atoms with E-state index >= 15 is 0 Å². The normalized spacial score (nSPS) is 12.7. The van der Waals surface area contributed by atoms with Crippen molar-refractivity contribution in [2.24, 2.45) is 5.73 Å². The molecule has 1 unspecified atom stereocenters. The first-order valence-electron chi connectivity index (χ1n) is 3.96. The third-order valence-corrected chi connectivity index (χ3v) is 2.55. The number of rotatable bonds is 2. The molecule has 0 spiro atoms. The Morgan fingerprint density at radius 3 is 2.50 bits per heavy atom. The second-order valence-electron chi connectivity index (χ2n) is 2.90. The second-order valence-corrected chi connectivity index (χ2v) is 3.69. The average Bonchev–Trinajstić information content (AvgIpc) is 2.13. The molecule has 0 bridgehead atoms. The zero-order valence-electron chi connectivity index (χ0n) is 7.77. The maximum atomic E-state index is 13.1. The Morgan fingerprint density at radius 2 is 2.07 bits per heavy atom. The third-order valence-electron chi connectivity index (χ3n) is 1.84. The lowest BCUT2D eigenvalue weighted by molar-refractivity contribution is 0.393. The van der Waals surface area contributed by atoms with Crippen LogP contribution in [0.15, 0.2) is 10.5 Å². The number of ether oxygens (including phenoxy) is 1. The standard InChI is InChI=1S/C9H10BrF2NO/c1-4(13)5-3-6(11)8(12)7(10)9(5)14-2/h3-4H,13H2,1-2H3. The van der Waals surface area contributed by atoms with Crippen LogP contribution in [0.4, 0.5) is 8.78 Å². The predicted molar refractivity (Wildman–Crippen MR) is 53.2 cm³/mol. The number of benzene rings is 1. The van der Waals surface area contributed by atoms with Gasteiger partial charge in [-0.3, -0.25) is 0 Å². The molecular weight excluding hydrogens is 256 g/mol. The Morgan fingerprint density at radius 1 is 1.50 bits per heavy atom. The van der Waals surface area contributed by atoms with Crippen molar-refractivity contribution in [3.05, 3.63) is 27.7 Å². The van der Waals surface area contributed by atoms with E-state index in [0.717, 1.165) is 6.07 Å². The Bertz CT molecular complexity index is 355. The minimum Gasteiger partial charge on any atom is -0.495 e. The van der Waals surface area contributed by atoms with E-state index in [9.17, 15) is 8.78 Å². The highest BCUT2D eigenvalue weighted by Gasteiger charge is 2.19. The van der Waals surface area contributed by atoms with Crippen LogP contribution in [0.1, 0.15) is 18.5 Å². The van der Waals surface area contributed by atoms with Gasteiger partial charge in [0.15, 0.2) is 11.6 Å². The Labute approximate surface area is 89.2 Å². The molecule has 2 N–H and O–H groups in total. The van der Waals surface area contributed by atoms with Crippen molar-refractivity contribution < 1.29 is 13.5 Å². The summed E-state index contributed by atoms with van der Waals surface area (Å²) in [6, 6.07) is 0.625. The summed E-state index contributed by atoms with van der Waals surface area (Å²) in [5, 5.41) is 0. The highest BCUT2D eigenvalue weighted by Crippen LogP contribution is 2.35. The van der Waals surface area contributed by atoms with E-state index in [4.69, 9.17) is 10.5 Å². The topological polar surface area (TPSA) is 35.2 Å². The van der Waals surface area contributed by atoms with Crippen molar-refractivity contribution >= 4 is 15.9 Å². The van der Waals surface area contributed by atoms with Crippen LogP contribution < -0.4 is 10.5 Å². The van der Waals surface area contributed by atoms with Crippen molar-refractivity contribution in [1.82, 2.24) is 0 Å². The van der Waals surface area contributed by atoms with Gasteiger partial charge >= 0.3 is 0 Å². The van der Waals surface area contributed by atoms with Gasteiger partial charge in [0, 0.05) is 11.6 Å². The van der Waals surface area contributed by atoms with E-state index in [1.165, 1.54) is 7.11 Å². The zero-order valence-corrected chi connectivity index (χ0v) is 9.36. The number of hydrogen-bond acceptors (Lipinski definition) is 2. The molecule has 0 heterocycles. The van der Waals surface area contributed by atoms with Crippen LogP contribution in [0.25, 0.3) is 0 Å². The van der Waals surface area contributed by atoms with Crippen LogP contribution in [0, 0.1) is 11.6 Å². The van der Waals surface area contributed by atoms with Gasteiger partial charge < -0.3 is 10.5 Å². The minimum absolute atomic E-state index is 0.0349. The SMILES string of the molecule is COc1c(C(C)N)cc(F)c(F)c1Br. The fourth-order valence-corrected chi connectivity index (χ4v) is 1.72. The summed E-state index contributed by atoms with van der Waals surface area (Å²) in [6.07, 6.45) is 0. The van der Waals surface area contributed by atoms with Gasteiger partial charge in [-0.05, 0) is 28.9 Å². The smallest absolute Gasteiger partial charge is 0.176 e. The third kappa shape index (κ3) is 1.88. The molecule has 0 aliphatic rings. The van der Waals surface area contributed by atoms with Crippen LogP contribution >= 0.6 is 15.9 Å². The molecule has 1 rings (SSSR count). The van der Waals surface area contributed by atoms with E-state index in [0.29, 0.717) is 5.56 Å². The van der Waals surface area contributed by atoms with E-state index in [1.54, 1.807) is 6.92 Å². The first kappa shape index (κ1) is 11.4. The quantitative estimate of drug-likeness (QED) is 0.835. The first-order chi connectivity index (χ1) is 6.49. The molecule has 78 valence electrons.